The molecule has 0 unspecified atom stereocenters. The van der Waals surface area contributed by atoms with Gasteiger partial charge in [0.15, 0.2) is 0 Å². The van der Waals surface area contributed by atoms with Crippen molar-refractivity contribution in [2.75, 3.05) is 12.4 Å². The summed E-state index contributed by atoms with van der Waals surface area (Å²) in [6.45, 7) is 4.10. The number of hydrogen-bond acceptors (Lipinski definition) is 4. The molecule has 1 heterocycles. The summed E-state index contributed by atoms with van der Waals surface area (Å²) in [6.07, 6.45) is 3.64. The van der Waals surface area contributed by atoms with E-state index in [1.807, 2.05) is 24.7 Å². The number of nitrogens with one attached hydrogen (secondary N) is 2. The number of hydrogen-bond donors (Lipinski definition) is 2. The Kier molecular flexibility index (Phi) is 4.10. The van der Waals surface area contributed by atoms with Crippen LogP contribution in [0.1, 0.15) is 19.9 Å². The standard InChI is InChI=1S/C13H18N4O2S/c1-10(2)17-9-12(8-15-17)16-11-4-6-13(7-5-11)20(18,19)14-3/h4-10,14,16H,1-3H3. The van der Waals surface area contributed by atoms with E-state index in [-0.39, 0.29) is 4.90 Å². The van der Waals surface area contributed by atoms with Gasteiger partial charge in [0.2, 0.25) is 10.0 Å². The van der Waals surface area contributed by atoms with Gasteiger partial charge in [-0.2, -0.15) is 5.10 Å². The van der Waals surface area contributed by atoms with Crippen molar-refractivity contribution in [3.8, 4) is 0 Å². The average Bonchev–Trinajstić information content (AvgIpc) is 2.88. The molecule has 6 nitrogen and oxygen atoms in total. The lowest BCUT2D eigenvalue weighted by Crippen LogP contribution is -2.18. The fraction of sp³-hybridized carbons (Fsp3) is 0.308. The summed E-state index contributed by atoms with van der Waals surface area (Å²) >= 11 is 0. The first kappa shape index (κ1) is 14.5. The van der Waals surface area contributed by atoms with Crippen molar-refractivity contribution in [3.63, 3.8) is 0 Å². The van der Waals surface area contributed by atoms with E-state index in [0.717, 1.165) is 11.4 Å². The van der Waals surface area contributed by atoms with Crippen molar-refractivity contribution in [1.82, 2.24) is 14.5 Å². The molecule has 1 aromatic heterocycles. The summed E-state index contributed by atoms with van der Waals surface area (Å²) in [4.78, 5) is 0.239. The smallest absolute Gasteiger partial charge is 0.240 e. The first-order chi connectivity index (χ1) is 9.42. The van der Waals surface area contributed by atoms with Crippen molar-refractivity contribution >= 4 is 21.4 Å². The summed E-state index contributed by atoms with van der Waals surface area (Å²) in [5.74, 6) is 0. The molecule has 0 aliphatic rings. The topological polar surface area (TPSA) is 76.0 Å². The lowest BCUT2D eigenvalue weighted by atomic mass is 10.3. The molecule has 108 valence electrons. The zero-order valence-corrected chi connectivity index (χ0v) is 12.5. The predicted octanol–water partition coefficient (Wildman–Crippen LogP) is 2.12. The van der Waals surface area contributed by atoms with Crippen LogP contribution in [-0.4, -0.2) is 25.2 Å². The van der Waals surface area contributed by atoms with E-state index in [9.17, 15) is 8.42 Å². The van der Waals surface area contributed by atoms with Crippen LogP contribution in [0.25, 0.3) is 0 Å². The first-order valence-electron chi connectivity index (χ1n) is 6.27. The molecule has 2 aromatic rings. The van der Waals surface area contributed by atoms with Gasteiger partial charge in [0.05, 0.1) is 16.8 Å². The highest BCUT2D eigenvalue weighted by atomic mass is 32.2. The summed E-state index contributed by atoms with van der Waals surface area (Å²) in [5.41, 5.74) is 1.67. The van der Waals surface area contributed by atoms with Gasteiger partial charge in [-0.3, -0.25) is 4.68 Å². The lowest BCUT2D eigenvalue weighted by Gasteiger charge is -2.06. The summed E-state index contributed by atoms with van der Waals surface area (Å²) in [5, 5.41) is 7.41. The van der Waals surface area contributed by atoms with Gasteiger partial charge < -0.3 is 5.32 Å². The van der Waals surface area contributed by atoms with Crippen molar-refractivity contribution < 1.29 is 8.42 Å². The minimum absolute atomic E-state index is 0.239. The van der Waals surface area contributed by atoms with Gasteiger partial charge in [-0.1, -0.05) is 0 Å². The SMILES string of the molecule is CNS(=O)(=O)c1ccc(Nc2cnn(C(C)C)c2)cc1. The third-order valence-electron chi connectivity index (χ3n) is 2.85. The maximum atomic E-state index is 11.6. The van der Waals surface area contributed by atoms with Crippen molar-refractivity contribution in [3.05, 3.63) is 36.7 Å². The fourth-order valence-corrected chi connectivity index (χ4v) is 2.42. The molecule has 0 atom stereocenters. The molecule has 20 heavy (non-hydrogen) atoms. The molecule has 0 bridgehead atoms. The van der Waals surface area contributed by atoms with E-state index in [0.29, 0.717) is 6.04 Å². The molecule has 0 saturated heterocycles. The van der Waals surface area contributed by atoms with E-state index >= 15 is 0 Å². The van der Waals surface area contributed by atoms with Crippen LogP contribution in [0.5, 0.6) is 0 Å². The van der Waals surface area contributed by atoms with Crippen molar-refractivity contribution in [2.24, 2.45) is 0 Å². The monoisotopic (exact) mass is 294 g/mol. The summed E-state index contributed by atoms with van der Waals surface area (Å²) < 4.78 is 27.3. The van der Waals surface area contributed by atoms with Crippen LogP contribution >= 0.6 is 0 Å². The molecule has 2 N–H and O–H groups in total. The van der Waals surface area contributed by atoms with Gasteiger partial charge in [0.1, 0.15) is 0 Å². The molecule has 0 radical (unpaired) electrons. The maximum Gasteiger partial charge on any atom is 0.240 e. The Morgan fingerprint density at radius 3 is 2.30 bits per heavy atom. The number of nitrogens with zero attached hydrogens (tertiary/aromatic N) is 2. The van der Waals surface area contributed by atoms with Gasteiger partial charge in [-0.05, 0) is 45.2 Å². The Hall–Kier alpha value is -1.86. The van der Waals surface area contributed by atoms with Crippen LogP contribution in [0.3, 0.4) is 0 Å². The van der Waals surface area contributed by atoms with Crippen molar-refractivity contribution in [2.45, 2.75) is 24.8 Å². The largest absolute Gasteiger partial charge is 0.353 e. The van der Waals surface area contributed by atoms with Gasteiger partial charge in [0, 0.05) is 17.9 Å². The molecule has 0 fully saturated rings. The zero-order valence-electron chi connectivity index (χ0n) is 11.7. The maximum absolute atomic E-state index is 11.6. The second-order valence-electron chi connectivity index (χ2n) is 4.66. The Balaban J connectivity index is 2.14. The second-order valence-corrected chi connectivity index (χ2v) is 6.55. The van der Waals surface area contributed by atoms with Gasteiger partial charge in [-0.25, -0.2) is 13.1 Å². The minimum atomic E-state index is -3.39. The Morgan fingerprint density at radius 1 is 1.15 bits per heavy atom. The van der Waals surface area contributed by atoms with Gasteiger partial charge in [0.25, 0.3) is 0 Å². The van der Waals surface area contributed by atoms with Gasteiger partial charge in [-0.15, -0.1) is 0 Å². The third-order valence-corrected chi connectivity index (χ3v) is 4.28. The molecule has 0 amide bonds. The molecule has 7 heteroatoms. The van der Waals surface area contributed by atoms with Crippen LogP contribution in [0, 0.1) is 0 Å². The van der Waals surface area contributed by atoms with E-state index < -0.39 is 10.0 Å². The summed E-state index contributed by atoms with van der Waals surface area (Å²) in [7, 11) is -2.00. The highest BCUT2D eigenvalue weighted by molar-refractivity contribution is 7.89. The Morgan fingerprint density at radius 2 is 1.80 bits per heavy atom. The number of anilines is 2. The van der Waals surface area contributed by atoms with Crippen LogP contribution in [0.4, 0.5) is 11.4 Å². The molecular formula is C13H18N4O2S. The van der Waals surface area contributed by atoms with Gasteiger partial charge >= 0.3 is 0 Å². The number of rotatable bonds is 5. The predicted molar refractivity (Wildman–Crippen MR) is 78.6 cm³/mol. The lowest BCUT2D eigenvalue weighted by molar-refractivity contribution is 0.532. The van der Waals surface area contributed by atoms with E-state index in [1.165, 1.54) is 7.05 Å². The summed E-state index contributed by atoms with van der Waals surface area (Å²) in [6, 6.07) is 6.85. The number of aromatic nitrogens is 2. The normalized spacial score (nSPS) is 11.8. The Labute approximate surface area is 118 Å². The molecule has 2 rings (SSSR count). The number of benzene rings is 1. The van der Waals surface area contributed by atoms with E-state index in [1.54, 1.807) is 30.5 Å². The third kappa shape index (κ3) is 3.17. The highest BCUT2D eigenvalue weighted by Gasteiger charge is 2.10. The zero-order chi connectivity index (χ0) is 14.8. The molecule has 0 aliphatic heterocycles. The average molecular weight is 294 g/mol. The highest BCUT2D eigenvalue weighted by Crippen LogP contribution is 2.19. The molecule has 0 spiro atoms. The quantitative estimate of drug-likeness (QED) is 0.885. The Bertz CT molecular complexity index is 675. The van der Waals surface area contributed by atoms with Crippen LogP contribution in [-0.2, 0) is 10.0 Å². The van der Waals surface area contributed by atoms with Crippen LogP contribution < -0.4 is 10.0 Å². The molecule has 0 saturated carbocycles. The second kappa shape index (κ2) is 5.64. The first-order valence-corrected chi connectivity index (χ1v) is 7.75. The number of sulfonamides is 1. The molecular weight excluding hydrogens is 276 g/mol. The van der Waals surface area contributed by atoms with E-state index in [2.05, 4.69) is 15.1 Å². The van der Waals surface area contributed by atoms with Crippen LogP contribution in [0.15, 0.2) is 41.6 Å². The molecule has 1 aromatic carbocycles. The minimum Gasteiger partial charge on any atom is -0.353 e. The van der Waals surface area contributed by atoms with Crippen molar-refractivity contribution in [1.29, 1.82) is 0 Å². The molecule has 0 aliphatic carbocycles. The van der Waals surface area contributed by atoms with E-state index in [4.69, 9.17) is 0 Å². The van der Waals surface area contributed by atoms with Crippen LogP contribution in [0.2, 0.25) is 0 Å². The fourth-order valence-electron chi connectivity index (χ4n) is 1.69.